The minimum absolute atomic E-state index is 0.00530. The number of guanidine groups is 1. The number of primary amides is 1. The molecule has 0 aliphatic carbocycles. The van der Waals surface area contributed by atoms with Crippen LogP contribution < -0.4 is 108 Å². The van der Waals surface area contributed by atoms with Crippen LogP contribution in [-0.2, 0) is 107 Å². The molecule has 49 nitrogen and oxygen atoms in total. The maximum absolute atomic E-state index is 14.8. The molecular formula is C84H137N23O26. The van der Waals surface area contributed by atoms with E-state index < -0.39 is 284 Å². The molecule has 2 heterocycles. The third kappa shape index (κ3) is 40.3. The zero-order valence-corrected chi connectivity index (χ0v) is 76.8. The van der Waals surface area contributed by atoms with E-state index in [1.807, 2.05) is 5.32 Å². The number of hydrogen-bond acceptors (Lipinski definition) is 26. The molecular weight excluding hydrogens is 1750 g/mol. The molecule has 744 valence electrons. The minimum atomic E-state index is -1.95. The molecule has 0 aromatic heterocycles. The fraction of sp³-hybridized carbons (Fsp3) is 0.667. The fourth-order valence-electron chi connectivity index (χ4n) is 14.4. The van der Waals surface area contributed by atoms with Crippen molar-refractivity contribution in [2.45, 2.75) is 294 Å². The summed E-state index contributed by atoms with van der Waals surface area (Å²) in [6.45, 7) is 15.0. The van der Waals surface area contributed by atoms with E-state index in [1.54, 1.807) is 41.5 Å². The van der Waals surface area contributed by atoms with Crippen molar-refractivity contribution >= 4 is 130 Å². The van der Waals surface area contributed by atoms with Crippen LogP contribution in [-0.4, -0.2) is 302 Å². The Bertz CT molecular complexity index is 4230. The number of carbonyl (C=O) groups excluding carboxylic acids is 17. The largest absolute Gasteiger partial charge is 0.508 e. The van der Waals surface area contributed by atoms with Crippen LogP contribution in [0, 0.1) is 29.1 Å². The van der Waals surface area contributed by atoms with Gasteiger partial charge in [0.15, 0.2) is 5.96 Å². The Balaban J connectivity index is 1.77. The second-order valence-corrected chi connectivity index (χ2v) is 34.4. The van der Waals surface area contributed by atoms with Crippen LogP contribution >= 0.6 is 0 Å². The molecule has 17 amide bonds. The molecule has 1 aromatic rings. The Morgan fingerprint density at radius 3 is 1.32 bits per heavy atom. The zero-order valence-electron chi connectivity index (χ0n) is 76.8. The summed E-state index contributed by atoms with van der Waals surface area (Å²) in [6.07, 6.45) is -2.31. The van der Waals surface area contributed by atoms with Crippen molar-refractivity contribution in [3.8, 4) is 5.75 Å². The van der Waals surface area contributed by atoms with E-state index in [0.717, 1.165) is 4.90 Å². The standard InChI is InChI=1S/C84H137N23O26/c1-41(2)36-54(75(124)103-65(42(3)4)79(128)97-51(20-12-14-32-86)72(121)96-52(27-29-60(88)109)74(123)102-57(83(132)133)39-64(115)116)100-77(126)58-21-17-35-107(58)82(131)67(44(7)8)105-78(127)59-22-16-34-106(59)81(130)53(28-30-62(111)112)98-69(118)46(10)94-68(117)45(9)93-61(110)40-92-71(120)55(37-47-23-25-48(108)26-24-47)101-80(129)66(43(5)6)104-76(125)56(38-63(113)114)99-73(122)50(19-11-13-31-85)95-70(119)49(87)18-15-33-91-84(89)90/h23-26,41-46,49-59,65-67,108H,11-22,27-40,85-87H2,1-10H3,(H2,88,109)(H,92,120)(H,93,110)(H,94,117)(H,95,119)(H,96,121)(H,97,128)(H,98,118)(H,99,122)(H,100,126)(H,101,129)(H,102,123)(H,103,124)(H,104,125)(H,105,127)(H,111,112)(H,113,114)(H,115,116)(H,132,133)(H4,89,90,91)/t45-,46-,49-,50-,51-,52-,53-,54-,55-,56-,57-,58-,59-,65-,66-,67-/m0/s1. The fourth-order valence-corrected chi connectivity index (χ4v) is 14.4. The molecule has 2 fully saturated rings. The van der Waals surface area contributed by atoms with Gasteiger partial charge in [-0.1, -0.05) is 67.5 Å². The number of rotatable bonds is 60. The van der Waals surface area contributed by atoms with Gasteiger partial charge in [-0.2, -0.15) is 0 Å². The van der Waals surface area contributed by atoms with Crippen LogP contribution in [0.4, 0.5) is 0 Å². The van der Waals surface area contributed by atoms with E-state index >= 15 is 0 Å². The van der Waals surface area contributed by atoms with E-state index in [9.17, 15) is 126 Å². The first-order valence-electron chi connectivity index (χ1n) is 44.4. The lowest BCUT2D eigenvalue weighted by molar-refractivity contribution is -0.147. The van der Waals surface area contributed by atoms with E-state index in [-0.39, 0.29) is 115 Å². The molecule has 133 heavy (non-hydrogen) atoms. The number of carbonyl (C=O) groups is 21. The maximum Gasteiger partial charge on any atom is 0.326 e. The van der Waals surface area contributed by atoms with Gasteiger partial charge in [0.25, 0.3) is 0 Å². The number of carboxylic acid groups (broad SMARTS) is 4. The van der Waals surface area contributed by atoms with Crippen molar-refractivity contribution in [1.29, 1.82) is 5.41 Å². The number of unbranched alkanes of at least 4 members (excludes halogenated alkanes) is 2. The molecule has 1 aromatic carbocycles. The van der Waals surface area contributed by atoms with Gasteiger partial charge >= 0.3 is 23.9 Å². The quantitative estimate of drug-likeness (QED) is 0.0164. The van der Waals surface area contributed by atoms with Gasteiger partial charge in [0.1, 0.15) is 96.4 Å². The molecule has 16 atom stereocenters. The number of nitrogens with zero attached hydrogens (tertiary/aromatic N) is 2. The summed E-state index contributed by atoms with van der Waals surface area (Å²) in [5.41, 5.74) is 28.4. The monoisotopic (exact) mass is 1880 g/mol. The van der Waals surface area contributed by atoms with Crippen molar-refractivity contribution in [2.24, 2.45) is 52.3 Å². The summed E-state index contributed by atoms with van der Waals surface area (Å²) >= 11 is 0. The van der Waals surface area contributed by atoms with Crippen LogP contribution in [0.2, 0.25) is 0 Å². The average molecular weight is 1890 g/mol. The molecule has 2 aliphatic heterocycles. The SMILES string of the molecule is CC(C)C[C@H](NC(=O)[C@@H]1CCCN1C(=O)[C@@H](NC(=O)[C@@H]1CCCN1C(=O)[C@H](CCC(=O)O)NC(=O)[C@H](C)NC(=O)[C@H](C)NC(=O)CNC(=O)[C@H](Cc1ccc(O)cc1)NC(=O)[C@@H](NC(=O)[C@H](CC(=O)O)NC(=O)[C@H](CCCCN)NC(=O)[C@@H](N)CCCNC(=N)N)C(C)C)C(C)C)C(=O)N[C@H](C(=O)N[C@@H](CCCCN)C(=O)N[C@@H](CCC(N)=O)C(=O)N[C@@H](CC(=O)O)C(=O)O)C(C)C. The van der Waals surface area contributed by atoms with Crippen LogP contribution in [0.1, 0.15) is 197 Å². The Kier molecular flexibility index (Phi) is 49.3. The van der Waals surface area contributed by atoms with Gasteiger partial charge in [-0.05, 0) is 165 Å². The molecule has 0 radical (unpaired) electrons. The van der Waals surface area contributed by atoms with Gasteiger partial charge in [0.2, 0.25) is 100 Å². The van der Waals surface area contributed by atoms with E-state index in [2.05, 4.69) is 74.4 Å². The zero-order chi connectivity index (χ0) is 100. The van der Waals surface area contributed by atoms with E-state index in [0.29, 0.717) is 31.2 Å². The smallest absolute Gasteiger partial charge is 0.326 e. The highest BCUT2D eigenvalue weighted by atomic mass is 16.4. The molecule has 0 spiro atoms. The minimum Gasteiger partial charge on any atom is -0.508 e. The highest BCUT2D eigenvalue weighted by Crippen LogP contribution is 2.25. The van der Waals surface area contributed by atoms with Gasteiger partial charge in [0.05, 0.1) is 25.4 Å². The molecule has 49 heteroatoms. The first-order chi connectivity index (χ1) is 62.4. The summed E-state index contributed by atoms with van der Waals surface area (Å²) in [5.74, 6) is -25.1. The van der Waals surface area contributed by atoms with Crippen molar-refractivity contribution in [3.05, 3.63) is 29.8 Å². The number of likely N-dealkylation sites (tertiary alicyclic amines) is 2. The topological polar surface area (TPSA) is 800 Å². The van der Waals surface area contributed by atoms with Crippen LogP contribution in [0.3, 0.4) is 0 Å². The molecule has 2 saturated heterocycles. The summed E-state index contributed by atoms with van der Waals surface area (Å²) in [6, 6.07) is -18.3. The predicted molar refractivity (Wildman–Crippen MR) is 475 cm³/mol. The van der Waals surface area contributed by atoms with Gasteiger partial charge < -0.3 is 144 Å². The predicted octanol–water partition coefficient (Wildman–Crippen LogP) is -6.60. The highest BCUT2D eigenvalue weighted by molar-refractivity contribution is 6.02. The van der Waals surface area contributed by atoms with Gasteiger partial charge in [-0.3, -0.25) is 101 Å². The van der Waals surface area contributed by atoms with Gasteiger partial charge in [-0.15, -0.1) is 0 Å². The number of benzene rings is 1. The molecule has 2 aliphatic rings. The summed E-state index contributed by atoms with van der Waals surface area (Å²) in [7, 11) is 0. The lowest BCUT2D eigenvalue weighted by Crippen LogP contribution is -2.61. The normalized spacial score (nSPS) is 16.7. The summed E-state index contributed by atoms with van der Waals surface area (Å²) in [4.78, 5) is 287. The Hall–Kier alpha value is -13.0. The van der Waals surface area contributed by atoms with E-state index in [4.69, 9.17) is 34.1 Å². The molecule has 31 N–H and O–H groups in total. The number of nitrogens with one attached hydrogen (secondary N) is 16. The number of phenols is 1. The van der Waals surface area contributed by atoms with E-state index in [1.165, 1.54) is 56.9 Å². The Labute approximate surface area is 769 Å². The number of aromatic hydroxyl groups is 1. The average Bonchev–Trinajstić information content (AvgIpc) is 1.69. The molecule has 3 rings (SSSR count). The second-order valence-electron chi connectivity index (χ2n) is 34.4. The first-order valence-corrected chi connectivity index (χ1v) is 44.4. The molecule has 0 bridgehead atoms. The van der Waals surface area contributed by atoms with Crippen LogP contribution in [0.15, 0.2) is 24.3 Å². The van der Waals surface area contributed by atoms with Crippen molar-refractivity contribution < 1.29 is 126 Å². The summed E-state index contributed by atoms with van der Waals surface area (Å²) in [5, 5.41) is 92.9. The van der Waals surface area contributed by atoms with Gasteiger partial charge in [0, 0.05) is 38.9 Å². The Morgan fingerprint density at radius 1 is 0.414 bits per heavy atom. The molecule has 0 unspecified atom stereocenters. The maximum atomic E-state index is 14.8. The number of carboxylic acids is 4. The number of nitrogens with two attached hydrogens (primary N) is 5. The second kappa shape index (κ2) is 57.4. The number of aliphatic carboxylic acids is 4. The third-order valence-corrected chi connectivity index (χ3v) is 21.8. The lowest BCUT2D eigenvalue weighted by Gasteiger charge is -2.33. The van der Waals surface area contributed by atoms with Crippen molar-refractivity contribution in [2.75, 3.05) is 39.3 Å². The Morgan fingerprint density at radius 2 is 0.842 bits per heavy atom. The highest BCUT2D eigenvalue weighted by Gasteiger charge is 2.45. The van der Waals surface area contributed by atoms with Crippen molar-refractivity contribution in [1.82, 2.24) is 89.6 Å². The number of amides is 17. The first kappa shape index (κ1) is 114. The summed E-state index contributed by atoms with van der Waals surface area (Å²) < 4.78 is 0. The number of hydrogen-bond donors (Lipinski definition) is 26. The van der Waals surface area contributed by atoms with Gasteiger partial charge in [-0.25, -0.2) is 4.79 Å². The third-order valence-electron chi connectivity index (χ3n) is 21.8. The van der Waals surface area contributed by atoms with Crippen LogP contribution in [0.5, 0.6) is 5.75 Å². The lowest BCUT2D eigenvalue weighted by atomic mass is 9.98. The number of phenolic OH excluding ortho intramolecular Hbond substituents is 1. The van der Waals surface area contributed by atoms with Crippen LogP contribution in [0.25, 0.3) is 0 Å². The van der Waals surface area contributed by atoms with Crippen molar-refractivity contribution in [3.63, 3.8) is 0 Å². The molecule has 0 saturated carbocycles.